The van der Waals surface area contributed by atoms with Crippen LogP contribution in [0.2, 0.25) is 10.0 Å². The van der Waals surface area contributed by atoms with E-state index in [1.165, 1.54) is 6.26 Å². The molecule has 0 saturated carbocycles. The molecular formula is C12H9Cl2NO3. The van der Waals surface area contributed by atoms with Gasteiger partial charge in [-0.2, -0.15) is 0 Å². The third kappa shape index (κ3) is 2.66. The highest BCUT2D eigenvalue weighted by molar-refractivity contribution is 6.35. The minimum atomic E-state index is -0.536. The van der Waals surface area contributed by atoms with Crippen molar-refractivity contribution >= 4 is 29.2 Å². The van der Waals surface area contributed by atoms with Crippen LogP contribution < -0.4 is 0 Å². The third-order valence-electron chi connectivity index (χ3n) is 2.15. The Kier molecular flexibility index (Phi) is 3.89. The molecule has 0 N–H and O–H groups in total. The number of benzene rings is 1. The van der Waals surface area contributed by atoms with E-state index in [0.717, 1.165) is 0 Å². The number of hydrogen-bond donors (Lipinski definition) is 0. The summed E-state index contributed by atoms with van der Waals surface area (Å²) >= 11 is 11.9. The van der Waals surface area contributed by atoms with Gasteiger partial charge in [0, 0.05) is 5.02 Å². The second kappa shape index (κ2) is 5.42. The Labute approximate surface area is 113 Å². The molecule has 1 aromatic heterocycles. The quantitative estimate of drug-likeness (QED) is 0.805. The van der Waals surface area contributed by atoms with Crippen molar-refractivity contribution in [1.29, 1.82) is 0 Å². The first-order chi connectivity index (χ1) is 8.61. The van der Waals surface area contributed by atoms with Crippen molar-refractivity contribution in [3.63, 3.8) is 0 Å². The molecule has 0 amide bonds. The van der Waals surface area contributed by atoms with E-state index in [0.29, 0.717) is 15.6 Å². The van der Waals surface area contributed by atoms with Gasteiger partial charge in [0.15, 0.2) is 5.69 Å². The second-order valence-electron chi connectivity index (χ2n) is 3.38. The molecule has 0 aliphatic carbocycles. The second-order valence-corrected chi connectivity index (χ2v) is 4.23. The van der Waals surface area contributed by atoms with Gasteiger partial charge in [-0.1, -0.05) is 23.2 Å². The molecular weight excluding hydrogens is 277 g/mol. The lowest BCUT2D eigenvalue weighted by Crippen LogP contribution is -2.04. The largest absolute Gasteiger partial charge is 0.461 e. The van der Waals surface area contributed by atoms with Crippen LogP contribution in [0.25, 0.3) is 11.5 Å². The highest BCUT2D eigenvalue weighted by atomic mass is 35.5. The van der Waals surface area contributed by atoms with Crippen LogP contribution in [0.5, 0.6) is 0 Å². The van der Waals surface area contributed by atoms with Crippen molar-refractivity contribution in [2.24, 2.45) is 0 Å². The van der Waals surface area contributed by atoms with Gasteiger partial charge < -0.3 is 9.15 Å². The van der Waals surface area contributed by atoms with E-state index in [4.69, 9.17) is 32.4 Å². The molecule has 0 unspecified atom stereocenters. The summed E-state index contributed by atoms with van der Waals surface area (Å²) in [5, 5.41) is 0.946. The molecule has 1 aromatic carbocycles. The van der Waals surface area contributed by atoms with E-state index in [1.807, 2.05) is 0 Å². The lowest BCUT2D eigenvalue weighted by Gasteiger charge is -1.99. The molecule has 2 aromatic rings. The first-order valence-corrected chi connectivity index (χ1v) is 5.95. The molecule has 0 atom stereocenters. The number of ether oxygens (including phenoxy) is 1. The zero-order chi connectivity index (χ0) is 13.1. The van der Waals surface area contributed by atoms with E-state index in [-0.39, 0.29) is 18.2 Å². The summed E-state index contributed by atoms with van der Waals surface area (Å²) in [7, 11) is 0. The fourth-order valence-electron chi connectivity index (χ4n) is 1.36. The van der Waals surface area contributed by atoms with Crippen molar-refractivity contribution in [2.45, 2.75) is 6.92 Å². The van der Waals surface area contributed by atoms with Crippen LogP contribution in [-0.4, -0.2) is 17.6 Å². The minimum Gasteiger partial charge on any atom is -0.461 e. The Hall–Kier alpha value is -1.52. The Morgan fingerprint density at radius 3 is 2.94 bits per heavy atom. The lowest BCUT2D eigenvalue weighted by molar-refractivity contribution is 0.0519. The molecule has 6 heteroatoms. The lowest BCUT2D eigenvalue weighted by atomic mass is 10.2. The average Bonchev–Trinajstić information content (AvgIpc) is 2.82. The Morgan fingerprint density at radius 1 is 1.44 bits per heavy atom. The predicted molar refractivity (Wildman–Crippen MR) is 67.9 cm³/mol. The summed E-state index contributed by atoms with van der Waals surface area (Å²) < 4.78 is 10.0. The summed E-state index contributed by atoms with van der Waals surface area (Å²) in [6, 6.07) is 4.90. The fourth-order valence-corrected chi connectivity index (χ4v) is 1.73. The molecule has 1 heterocycles. The zero-order valence-corrected chi connectivity index (χ0v) is 11.0. The molecule has 0 saturated heterocycles. The zero-order valence-electron chi connectivity index (χ0n) is 9.44. The molecule has 0 bridgehead atoms. The maximum Gasteiger partial charge on any atom is 0.360 e. The molecule has 0 aliphatic rings. The maximum absolute atomic E-state index is 11.4. The van der Waals surface area contributed by atoms with Crippen molar-refractivity contribution in [2.75, 3.05) is 6.61 Å². The summed E-state index contributed by atoms with van der Waals surface area (Å²) in [5.74, 6) is -0.309. The van der Waals surface area contributed by atoms with Gasteiger partial charge in [0.1, 0.15) is 6.26 Å². The van der Waals surface area contributed by atoms with Gasteiger partial charge in [-0.05, 0) is 25.1 Å². The van der Waals surface area contributed by atoms with Gasteiger partial charge in [-0.3, -0.25) is 0 Å². The van der Waals surface area contributed by atoms with E-state index in [2.05, 4.69) is 4.98 Å². The topological polar surface area (TPSA) is 52.3 Å². The molecule has 0 radical (unpaired) electrons. The first kappa shape index (κ1) is 12.9. The Balaban J connectivity index is 2.35. The van der Waals surface area contributed by atoms with Crippen LogP contribution in [0.15, 0.2) is 28.9 Å². The molecule has 0 aliphatic heterocycles. The maximum atomic E-state index is 11.4. The molecule has 18 heavy (non-hydrogen) atoms. The monoisotopic (exact) mass is 285 g/mol. The number of aromatic nitrogens is 1. The van der Waals surface area contributed by atoms with Crippen molar-refractivity contribution in [3.8, 4) is 11.5 Å². The number of carbonyl (C=O) groups excluding carboxylic acids is 1. The summed E-state index contributed by atoms with van der Waals surface area (Å²) in [4.78, 5) is 15.5. The van der Waals surface area contributed by atoms with Crippen LogP contribution in [0.3, 0.4) is 0 Å². The van der Waals surface area contributed by atoms with Gasteiger partial charge in [0.2, 0.25) is 5.89 Å². The number of nitrogens with zero attached hydrogens (tertiary/aromatic N) is 1. The third-order valence-corrected chi connectivity index (χ3v) is 2.71. The van der Waals surface area contributed by atoms with E-state index in [9.17, 15) is 4.79 Å². The molecule has 94 valence electrons. The molecule has 0 spiro atoms. The molecule has 2 rings (SSSR count). The Bertz CT molecular complexity index is 580. The minimum absolute atomic E-state index is 0.0999. The number of rotatable bonds is 3. The van der Waals surface area contributed by atoms with Crippen LogP contribution >= 0.6 is 23.2 Å². The number of hydrogen-bond acceptors (Lipinski definition) is 4. The summed E-state index contributed by atoms with van der Waals surface area (Å²) in [6.07, 6.45) is 1.23. The molecule has 4 nitrogen and oxygen atoms in total. The van der Waals surface area contributed by atoms with E-state index < -0.39 is 5.97 Å². The number of oxazole rings is 1. The number of esters is 1. The van der Waals surface area contributed by atoms with Gasteiger partial charge in [-0.15, -0.1) is 0 Å². The standard InChI is InChI=1S/C12H9Cl2NO3/c1-2-17-12(16)10-6-18-11(15-10)8-5-7(13)3-4-9(8)14/h3-6H,2H2,1H3. The highest BCUT2D eigenvalue weighted by Gasteiger charge is 2.16. The number of halogens is 2. The van der Waals surface area contributed by atoms with Crippen molar-refractivity contribution in [1.82, 2.24) is 4.98 Å². The summed E-state index contributed by atoms with van der Waals surface area (Å²) in [6.45, 7) is 1.99. The highest BCUT2D eigenvalue weighted by Crippen LogP contribution is 2.29. The SMILES string of the molecule is CCOC(=O)c1coc(-c2cc(Cl)ccc2Cl)n1. The summed E-state index contributed by atoms with van der Waals surface area (Å²) in [5.41, 5.74) is 0.627. The van der Waals surface area contributed by atoms with Crippen molar-refractivity contribution in [3.05, 3.63) is 40.2 Å². The fraction of sp³-hybridized carbons (Fsp3) is 0.167. The smallest absolute Gasteiger partial charge is 0.360 e. The van der Waals surface area contributed by atoms with Gasteiger partial charge in [0.25, 0.3) is 0 Å². The van der Waals surface area contributed by atoms with Crippen LogP contribution in [-0.2, 0) is 4.74 Å². The van der Waals surface area contributed by atoms with E-state index >= 15 is 0 Å². The average molecular weight is 286 g/mol. The van der Waals surface area contributed by atoms with Gasteiger partial charge in [0.05, 0.1) is 17.2 Å². The van der Waals surface area contributed by atoms with Crippen molar-refractivity contribution < 1.29 is 13.9 Å². The predicted octanol–water partition coefficient (Wildman–Crippen LogP) is 3.83. The van der Waals surface area contributed by atoms with Crippen LogP contribution in [0.1, 0.15) is 17.4 Å². The van der Waals surface area contributed by atoms with Gasteiger partial charge >= 0.3 is 5.97 Å². The van der Waals surface area contributed by atoms with Crippen LogP contribution in [0, 0.1) is 0 Å². The van der Waals surface area contributed by atoms with Crippen LogP contribution in [0.4, 0.5) is 0 Å². The van der Waals surface area contributed by atoms with E-state index in [1.54, 1.807) is 25.1 Å². The Morgan fingerprint density at radius 2 is 2.22 bits per heavy atom. The van der Waals surface area contributed by atoms with Gasteiger partial charge in [-0.25, -0.2) is 9.78 Å². The number of carbonyl (C=O) groups is 1. The first-order valence-electron chi connectivity index (χ1n) is 5.20. The molecule has 0 fully saturated rings. The normalized spacial score (nSPS) is 10.4.